The highest BCUT2D eigenvalue weighted by atomic mass is 16.4. The highest BCUT2D eigenvalue weighted by Gasteiger charge is 2.22. The molecule has 0 aliphatic carbocycles. The summed E-state index contributed by atoms with van der Waals surface area (Å²) in [5.41, 5.74) is 7.13. The lowest BCUT2D eigenvalue weighted by molar-refractivity contribution is -0.142. The van der Waals surface area contributed by atoms with Gasteiger partial charge in [0.1, 0.15) is 11.9 Å². The number of hydrogen-bond donors (Lipinski definition) is 4. The van der Waals surface area contributed by atoms with E-state index in [1.165, 1.54) is 12.5 Å². The summed E-state index contributed by atoms with van der Waals surface area (Å²) in [4.78, 5) is 19.4. The number of rotatable bonds is 7. The number of hydrogen-bond acceptors (Lipinski definition) is 4. The third kappa shape index (κ3) is 4.35. The van der Waals surface area contributed by atoms with Crippen molar-refractivity contribution >= 4 is 17.0 Å². The number of aromatic amines is 1. The van der Waals surface area contributed by atoms with Gasteiger partial charge >= 0.3 is 5.97 Å². The molecule has 0 aliphatic rings. The molecule has 0 amide bonds. The molecule has 2 atom stereocenters. The van der Waals surface area contributed by atoms with Crippen molar-refractivity contribution in [3.8, 4) is 22.5 Å². The zero-order chi connectivity index (χ0) is 22.0. The van der Waals surface area contributed by atoms with E-state index in [1.807, 2.05) is 42.5 Å². The standard InChI is InChI=1S/C25H25N3O3/c1-15-19(18-7-4-3-5-8-18)9-6-10-20(15)24-27-21-12-11-17(13-22(21)28-24)14-26-23(16(2)29)25(30)31/h3-13,16,23,26,29H,14H2,1-2H3,(H,27,28)(H,30,31)/t16-,23-/m0/s1. The maximum Gasteiger partial charge on any atom is 0.323 e. The van der Waals surface area contributed by atoms with E-state index in [0.29, 0.717) is 6.54 Å². The second-order valence-corrected chi connectivity index (χ2v) is 7.72. The summed E-state index contributed by atoms with van der Waals surface area (Å²) < 4.78 is 0. The van der Waals surface area contributed by atoms with Gasteiger partial charge in [-0.05, 0) is 48.2 Å². The average molecular weight is 415 g/mol. The monoisotopic (exact) mass is 415 g/mol. The van der Waals surface area contributed by atoms with E-state index in [1.54, 1.807) is 0 Å². The van der Waals surface area contributed by atoms with E-state index in [9.17, 15) is 15.0 Å². The van der Waals surface area contributed by atoms with Crippen LogP contribution in [-0.4, -0.2) is 38.3 Å². The SMILES string of the molecule is Cc1c(-c2ccccc2)cccc1-c1nc2cc(CN[C@H](C(=O)O)[C@H](C)O)ccc2[nH]1. The van der Waals surface area contributed by atoms with Crippen LogP contribution in [0.25, 0.3) is 33.5 Å². The minimum absolute atomic E-state index is 0.322. The van der Waals surface area contributed by atoms with E-state index < -0.39 is 18.1 Å². The number of nitrogens with one attached hydrogen (secondary N) is 2. The highest BCUT2D eigenvalue weighted by Crippen LogP contribution is 2.31. The van der Waals surface area contributed by atoms with Crippen LogP contribution in [0.4, 0.5) is 0 Å². The van der Waals surface area contributed by atoms with Crippen LogP contribution in [0.1, 0.15) is 18.1 Å². The number of imidazole rings is 1. The quantitative estimate of drug-likeness (QED) is 0.364. The van der Waals surface area contributed by atoms with Crippen molar-refractivity contribution in [3.05, 3.63) is 77.9 Å². The summed E-state index contributed by atoms with van der Waals surface area (Å²) in [6.45, 7) is 3.88. The fraction of sp³-hybridized carbons (Fsp3) is 0.200. The lowest BCUT2D eigenvalue weighted by atomic mass is 9.96. The molecule has 3 aromatic carbocycles. The first-order valence-electron chi connectivity index (χ1n) is 10.2. The molecule has 158 valence electrons. The predicted molar refractivity (Wildman–Crippen MR) is 122 cm³/mol. The van der Waals surface area contributed by atoms with Crippen LogP contribution in [0.5, 0.6) is 0 Å². The van der Waals surface area contributed by atoms with Crippen molar-refractivity contribution < 1.29 is 15.0 Å². The predicted octanol–water partition coefficient (Wildman–Crippen LogP) is 4.13. The van der Waals surface area contributed by atoms with Crippen molar-refractivity contribution in [1.82, 2.24) is 15.3 Å². The first-order valence-corrected chi connectivity index (χ1v) is 10.2. The third-order valence-corrected chi connectivity index (χ3v) is 5.50. The molecule has 0 aliphatic heterocycles. The van der Waals surface area contributed by atoms with E-state index in [2.05, 4.69) is 41.5 Å². The van der Waals surface area contributed by atoms with Crippen LogP contribution in [-0.2, 0) is 11.3 Å². The molecular weight excluding hydrogens is 390 g/mol. The fourth-order valence-electron chi connectivity index (χ4n) is 3.80. The molecule has 6 heteroatoms. The minimum Gasteiger partial charge on any atom is -0.480 e. The van der Waals surface area contributed by atoms with Gasteiger partial charge in [-0.2, -0.15) is 0 Å². The Bertz CT molecular complexity index is 1220. The molecule has 1 aromatic heterocycles. The minimum atomic E-state index is -1.08. The lowest BCUT2D eigenvalue weighted by Crippen LogP contribution is -2.44. The van der Waals surface area contributed by atoms with E-state index in [0.717, 1.165) is 39.1 Å². The maximum absolute atomic E-state index is 11.3. The van der Waals surface area contributed by atoms with Crippen molar-refractivity contribution in [2.75, 3.05) is 0 Å². The molecular formula is C25H25N3O3. The summed E-state index contributed by atoms with van der Waals surface area (Å²) >= 11 is 0. The van der Waals surface area contributed by atoms with E-state index >= 15 is 0 Å². The van der Waals surface area contributed by atoms with Gasteiger partial charge in [0.2, 0.25) is 0 Å². The molecule has 0 fully saturated rings. The topological polar surface area (TPSA) is 98.2 Å². The third-order valence-electron chi connectivity index (χ3n) is 5.50. The van der Waals surface area contributed by atoms with Crippen molar-refractivity contribution in [1.29, 1.82) is 0 Å². The van der Waals surface area contributed by atoms with Gasteiger partial charge in [0.25, 0.3) is 0 Å². The van der Waals surface area contributed by atoms with Crippen LogP contribution in [0.2, 0.25) is 0 Å². The molecule has 4 aromatic rings. The fourth-order valence-corrected chi connectivity index (χ4v) is 3.80. The van der Waals surface area contributed by atoms with Gasteiger partial charge in [0, 0.05) is 12.1 Å². The van der Waals surface area contributed by atoms with Gasteiger partial charge in [0.15, 0.2) is 0 Å². The second kappa shape index (κ2) is 8.71. The van der Waals surface area contributed by atoms with E-state index in [-0.39, 0.29) is 0 Å². The summed E-state index contributed by atoms with van der Waals surface area (Å²) in [5.74, 6) is -0.283. The molecule has 1 heterocycles. The molecule has 4 N–H and O–H groups in total. The summed E-state index contributed by atoms with van der Waals surface area (Å²) in [6.07, 6.45) is -0.988. The number of carbonyl (C=O) groups is 1. The number of aliphatic carboxylic acids is 1. The molecule has 0 unspecified atom stereocenters. The number of carboxylic acid groups (broad SMARTS) is 1. The van der Waals surface area contributed by atoms with Crippen LogP contribution in [0, 0.1) is 6.92 Å². The number of aliphatic hydroxyl groups is 1. The first-order chi connectivity index (χ1) is 14.9. The molecule has 31 heavy (non-hydrogen) atoms. The molecule has 0 bridgehead atoms. The van der Waals surface area contributed by atoms with Gasteiger partial charge in [-0.15, -0.1) is 0 Å². The molecule has 4 rings (SSSR count). The zero-order valence-corrected chi connectivity index (χ0v) is 17.5. The number of aliphatic hydroxyl groups excluding tert-OH is 1. The summed E-state index contributed by atoms with van der Waals surface area (Å²) in [7, 11) is 0. The molecule has 0 saturated carbocycles. The van der Waals surface area contributed by atoms with Gasteiger partial charge in [0.05, 0.1) is 17.1 Å². The Balaban J connectivity index is 1.63. The largest absolute Gasteiger partial charge is 0.480 e. The van der Waals surface area contributed by atoms with Gasteiger partial charge in [-0.25, -0.2) is 4.98 Å². The second-order valence-electron chi connectivity index (χ2n) is 7.72. The van der Waals surface area contributed by atoms with Crippen LogP contribution < -0.4 is 5.32 Å². The molecule has 0 spiro atoms. The Labute approximate surface area is 180 Å². The van der Waals surface area contributed by atoms with Gasteiger partial charge in [-0.3, -0.25) is 10.1 Å². The Hall–Kier alpha value is -3.48. The Kier molecular flexibility index (Phi) is 5.84. The Morgan fingerprint density at radius 3 is 2.52 bits per heavy atom. The average Bonchev–Trinajstić information content (AvgIpc) is 3.17. The maximum atomic E-state index is 11.3. The number of fused-ring (bicyclic) bond motifs is 1. The molecule has 0 saturated heterocycles. The lowest BCUT2D eigenvalue weighted by Gasteiger charge is -2.16. The van der Waals surface area contributed by atoms with Crippen molar-refractivity contribution in [2.45, 2.75) is 32.5 Å². The van der Waals surface area contributed by atoms with Crippen LogP contribution >= 0.6 is 0 Å². The Morgan fingerprint density at radius 2 is 1.81 bits per heavy atom. The molecule has 6 nitrogen and oxygen atoms in total. The normalized spacial score (nSPS) is 13.3. The number of benzene rings is 3. The summed E-state index contributed by atoms with van der Waals surface area (Å²) in [5, 5.41) is 21.7. The zero-order valence-electron chi connectivity index (χ0n) is 17.5. The van der Waals surface area contributed by atoms with Crippen LogP contribution in [0.3, 0.4) is 0 Å². The first kappa shape index (κ1) is 20.8. The summed E-state index contributed by atoms with van der Waals surface area (Å²) in [6, 6.07) is 21.3. The van der Waals surface area contributed by atoms with Gasteiger partial charge < -0.3 is 15.2 Å². The van der Waals surface area contributed by atoms with Crippen molar-refractivity contribution in [2.24, 2.45) is 0 Å². The number of aromatic nitrogens is 2. The highest BCUT2D eigenvalue weighted by molar-refractivity contribution is 5.83. The van der Waals surface area contributed by atoms with Crippen molar-refractivity contribution in [3.63, 3.8) is 0 Å². The Morgan fingerprint density at radius 1 is 1.06 bits per heavy atom. The number of carboxylic acids is 1. The van der Waals surface area contributed by atoms with Crippen LogP contribution in [0.15, 0.2) is 66.7 Å². The smallest absolute Gasteiger partial charge is 0.323 e. The molecule has 0 radical (unpaired) electrons. The number of H-pyrrole nitrogens is 1. The van der Waals surface area contributed by atoms with Gasteiger partial charge in [-0.1, -0.05) is 54.6 Å². The number of nitrogens with zero attached hydrogens (tertiary/aromatic N) is 1. The van der Waals surface area contributed by atoms with E-state index in [4.69, 9.17) is 4.98 Å².